The highest BCUT2D eigenvalue weighted by atomic mass is 35.5. The van der Waals surface area contributed by atoms with Gasteiger partial charge in [-0.3, -0.25) is 9.69 Å². The number of halogens is 1. The first kappa shape index (κ1) is 20.4. The molecule has 1 saturated carbocycles. The van der Waals surface area contributed by atoms with Gasteiger partial charge in [0.2, 0.25) is 15.7 Å². The minimum Gasteiger partial charge on any atom is -0.313 e. The Labute approximate surface area is 177 Å². The molecule has 1 N–H and O–H groups in total. The highest BCUT2D eigenvalue weighted by Crippen LogP contribution is 2.43. The fourth-order valence-corrected chi connectivity index (χ4v) is 6.69. The zero-order valence-electron chi connectivity index (χ0n) is 16.4. The average molecular weight is 433 g/mol. The number of anilines is 1. The third-order valence-corrected chi connectivity index (χ3v) is 8.86. The number of piperidine rings is 1. The summed E-state index contributed by atoms with van der Waals surface area (Å²) in [6.07, 6.45) is 2.66. The van der Waals surface area contributed by atoms with Crippen LogP contribution >= 0.6 is 11.6 Å². The molecule has 0 unspecified atom stereocenters. The number of nitrogens with one attached hydrogen (secondary N) is 1. The summed E-state index contributed by atoms with van der Waals surface area (Å²) >= 11 is 6.26. The molecule has 4 rings (SSSR count). The minimum atomic E-state index is -3.92. The van der Waals surface area contributed by atoms with Crippen molar-refractivity contribution in [3.63, 3.8) is 0 Å². The van der Waals surface area contributed by atoms with E-state index < -0.39 is 14.7 Å². The van der Waals surface area contributed by atoms with Crippen LogP contribution in [0.4, 0.5) is 5.69 Å². The number of carbonyl (C=O) groups excluding carboxylic acids is 1. The van der Waals surface area contributed by atoms with Crippen LogP contribution < -0.4 is 10.2 Å². The largest absolute Gasteiger partial charge is 0.313 e. The zero-order valence-corrected chi connectivity index (χ0v) is 18.0. The maximum absolute atomic E-state index is 14.2. The summed E-state index contributed by atoms with van der Waals surface area (Å²) in [5, 5.41) is 3.65. The Morgan fingerprint density at radius 1 is 1.14 bits per heavy atom. The van der Waals surface area contributed by atoms with E-state index in [1.54, 1.807) is 30.0 Å². The van der Waals surface area contributed by atoms with E-state index in [0.717, 1.165) is 19.4 Å². The van der Waals surface area contributed by atoms with Gasteiger partial charge in [0.05, 0.1) is 4.90 Å². The molecule has 1 amide bonds. The van der Waals surface area contributed by atoms with Crippen LogP contribution in [0.25, 0.3) is 0 Å². The first-order chi connectivity index (χ1) is 13.9. The fourth-order valence-electron chi connectivity index (χ4n) is 4.14. The lowest BCUT2D eigenvalue weighted by Gasteiger charge is -2.46. The summed E-state index contributed by atoms with van der Waals surface area (Å²) in [5.74, 6) is -0.215. The van der Waals surface area contributed by atoms with Crippen molar-refractivity contribution in [3.8, 4) is 0 Å². The van der Waals surface area contributed by atoms with Crippen LogP contribution in [0.3, 0.4) is 0 Å². The van der Waals surface area contributed by atoms with Gasteiger partial charge in [0.1, 0.15) is 0 Å². The summed E-state index contributed by atoms with van der Waals surface area (Å²) in [6, 6.07) is 14.1. The number of para-hydroxylation sites is 1. The van der Waals surface area contributed by atoms with Crippen LogP contribution in [0.2, 0.25) is 5.02 Å². The Morgan fingerprint density at radius 3 is 2.48 bits per heavy atom. The van der Waals surface area contributed by atoms with E-state index in [-0.39, 0.29) is 23.3 Å². The number of benzene rings is 2. The second-order valence-electron chi connectivity index (χ2n) is 7.88. The molecule has 2 aliphatic rings. The van der Waals surface area contributed by atoms with Crippen LogP contribution in [-0.2, 0) is 14.6 Å². The number of carbonyl (C=O) groups is 1. The van der Waals surface area contributed by atoms with Gasteiger partial charge in [-0.15, -0.1) is 0 Å². The Morgan fingerprint density at radius 2 is 1.86 bits per heavy atom. The molecule has 1 aliphatic carbocycles. The third-order valence-electron chi connectivity index (χ3n) is 5.90. The fraction of sp³-hybridized carbons (Fsp3) is 0.409. The molecule has 2 aromatic rings. The first-order valence-corrected chi connectivity index (χ1v) is 11.8. The van der Waals surface area contributed by atoms with Gasteiger partial charge in [0.15, 0.2) is 4.87 Å². The predicted molar refractivity (Wildman–Crippen MR) is 115 cm³/mol. The Kier molecular flexibility index (Phi) is 5.44. The second kappa shape index (κ2) is 7.74. The van der Waals surface area contributed by atoms with Crippen LogP contribution in [0, 0.1) is 12.8 Å². The molecule has 1 saturated heterocycles. The van der Waals surface area contributed by atoms with Crippen molar-refractivity contribution in [2.24, 2.45) is 5.92 Å². The minimum absolute atomic E-state index is 0.107. The summed E-state index contributed by atoms with van der Waals surface area (Å²) in [6.45, 7) is 2.63. The van der Waals surface area contributed by atoms with Crippen molar-refractivity contribution in [3.05, 3.63) is 59.1 Å². The molecule has 1 atom stereocenters. The van der Waals surface area contributed by atoms with E-state index >= 15 is 0 Å². The Balaban J connectivity index is 1.94. The van der Waals surface area contributed by atoms with E-state index in [0.29, 0.717) is 29.1 Å². The molecule has 0 aromatic heterocycles. The van der Waals surface area contributed by atoms with Gasteiger partial charge in [0.25, 0.3) is 0 Å². The van der Waals surface area contributed by atoms with Crippen LogP contribution in [0.15, 0.2) is 53.4 Å². The van der Waals surface area contributed by atoms with E-state index in [4.69, 9.17) is 11.6 Å². The Hall–Kier alpha value is -1.89. The van der Waals surface area contributed by atoms with Gasteiger partial charge in [-0.1, -0.05) is 35.9 Å². The van der Waals surface area contributed by atoms with Crippen molar-refractivity contribution in [1.82, 2.24) is 5.32 Å². The molecule has 2 fully saturated rings. The molecule has 0 spiro atoms. The topological polar surface area (TPSA) is 66.5 Å². The molecule has 5 nitrogen and oxygen atoms in total. The van der Waals surface area contributed by atoms with Crippen LogP contribution in [0.5, 0.6) is 0 Å². The number of rotatable bonds is 5. The number of hydrogen-bond donors (Lipinski definition) is 1. The molecule has 29 heavy (non-hydrogen) atoms. The molecule has 7 heteroatoms. The number of hydrogen-bond acceptors (Lipinski definition) is 4. The highest BCUT2D eigenvalue weighted by Gasteiger charge is 2.55. The molecule has 1 aliphatic heterocycles. The standard InChI is InChI=1S/C22H25ClN2O3S/c1-16-19(23)9-5-10-20(16)29(27,28)22(13-6-14-24-15-22)25(21(26)17-11-12-17)18-7-3-2-4-8-18/h2-5,7-10,17,24H,6,11-15H2,1H3/t22-/m0/s1. The van der Waals surface area contributed by atoms with E-state index in [9.17, 15) is 13.2 Å². The number of sulfone groups is 1. The van der Waals surface area contributed by atoms with Crippen molar-refractivity contribution in [1.29, 1.82) is 0 Å². The molecular formula is C22H25ClN2O3S. The van der Waals surface area contributed by atoms with Gasteiger partial charge in [-0.2, -0.15) is 0 Å². The lowest BCUT2D eigenvalue weighted by Crippen LogP contribution is -2.64. The predicted octanol–water partition coefficient (Wildman–Crippen LogP) is 3.95. The van der Waals surface area contributed by atoms with Gasteiger partial charge in [-0.05, 0) is 69.0 Å². The second-order valence-corrected chi connectivity index (χ2v) is 10.5. The van der Waals surface area contributed by atoms with E-state index in [1.165, 1.54) is 0 Å². The maximum Gasteiger partial charge on any atom is 0.231 e. The summed E-state index contributed by atoms with van der Waals surface area (Å²) in [4.78, 5) is 13.8. The number of amides is 1. The molecule has 154 valence electrons. The van der Waals surface area contributed by atoms with Gasteiger partial charge in [-0.25, -0.2) is 8.42 Å². The van der Waals surface area contributed by atoms with Gasteiger partial charge >= 0.3 is 0 Å². The zero-order chi connectivity index (χ0) is 20.6. The van der Waals surface area contributed by atoms with E-state index in [1.807, 2.05) is 30.3 Å². The maximum atomic E-state index is 14.2. The SMILES string of the molecule is Cc1c(Cl)cccc1S(=O)(=O)[C@@]1(N(C(=O)C2CC2)c2ccccc2)CCCNC1. The van der Waals surface area contributed by atoms with Gasteiger partial charge in [0, 0.05) is 23.2 Å². The molecule has 0 bridgehead atoms. The first-order valence-electron chi connectivity index (χ1n) is 9.98. The Bertz CT molecular complexity index is 1010. The summed E-state index contributed by atoms with van der Waals surface area (Å²) < 4.78 is 28.3. The monoisotopic (exact) mass is 432 g/mol. The van der Waals surface area contributed by atoms with Crippen molar-refractivity contribution < 1.29 is 13.2 Å². The molecule has 0 radical (unpaired) electrons. The van der Waals surface area contributed by atoms with Crippen molar-refractivity contribution in [2.75, 3.05) is 18.0 Å². The lowest BCUT2D eigenvalue weighted by molar-refractivity contribution is -0.120. The molecular weight excluding hydrogens is 408 g/mol. The highest BCUT2D eigenvalue weighted by molar-refractivity contribution is 7.93. The summed E-state index contributed by atoms with van der Waals surface area (Å²) in [5.41, 5.74) is 1.14. The number of nitrogens with zero attached hydrogens (tertiary/aromatic N) is 1. The van der Waals surface area contributed by atoms with Crippen LogP contribution in [0.1, 0.15) is 31.2 Å². The molecule has 1 heterocycles. The van der Waals surface area contributed by atoms with E-state index in [2.05, 4.69) is 5.32 Å². The van der Waals surface area contributed by atoms with Gasteiger partial charge < -0.3 is 5.32 Å². The third kappa shape index (κ3) is 3.47. The summed E-state index contributed by atoms with van der Waals surface area (Å²) in [7, 11) is -3.92. The normalized spacial score (nSPS) is 22.3. The van der Waals surface area contributed by atoms with Crippen molar-refractivity contribution >= 4 is 33.0 Å². The van der Waals surface area contributed by atoms with Crippen LogP contribution in [-0.4, -0.2) is 32.3 Å². The van der Waals surface area contributed by atoms with Crippen molar-refractivity contribution in [2.45, 2.75) is 42.4 Å². The smallest absolute Gasteiger partial charge is 0.231 e. The average Bonchev–Trinajstić information content (AvgIpc) is 3.57. The lowest BCUT2D eigenvalue weighted by atomic mass is 10.0. The quantitative estimate of drug-likeness (QED) is 0.776. The molecule has 2 aromatic carbocycles.